The van der Waals surface area contributed by atoms with Crippen molar-refractivity contribution in [2.24, 2.45) is 0 Å². The van der Waals surface area contributed by atoms with Gasteiger partial charge in [0.1, 0.15) is 17.9 Å². The van der Waals surface area contributed by atoms with Crippen molar-refractivity contribution < 1.29 is 28.3 Å². The van der Waals surface area contributed by atoms with E-state index >= 15 is 0 Å². The predicted molar refractivity (Wildman–Crippen MR) is 124 cm³/mol. The molecule has 0 spiro atoms. The Morgan fingerprint density at radius 1 is 1.06 bits per heavy atom. The Labute approximate surface area is 201 Å². The van der Waals surface area contributed by atoms with Gasteiger partial charge < -0.3 is 13.9 Å². The van der Waals surface area contributed by atoms with Crippen LogP contribution in [0, 0.1) is 11.3 Å². The number of rotatable bonds is 8. The van der Waals surface area contributed by atoms with Crippen molar-refractivity contribution in [2.45, 2.75) is 20.1 Å². The highest BCUT2D eigenvalue weighted by Crippen LogP contribution is 2.31. The van der Waals surface area contributed by atoms with E-state index in [0.717, 1.165) is 10.5 Å². The van der Waals surface area contributed by atoms with Crippen LogP contribution < -0.4 is 14.8 Å². The van der Waals surface area contributed by atoms with Gasteiger partial charge in [-0.05, 0) is 48.9 Å². The van der Waals surface area contributed by atoms with Crippen LogP contribution in [-0.2, 0) is 22.7 Å². The van der Waals surface area contributed by atoms with Gasteiger partial charge in [-0.3, -0.25) is 19.8 Å². The molecule has 1 aliphatic rings. The lowest BCUT2D eigenvalue weighted by Crippen LogP contribution is -2.53. The lowest BCUT2D eigenvalue weighted by Gasteiger charge is -2.25. The molecule has 1 N–H and O–H groups in total. The molecule has 0 saturated carbocycles. The van der Waals surface area contributed by atoms with Gasteiger partial charge in [-0.1, -0.05) is 24.3 Å². The minimum atomic E-state index is -0.815. The molecular formula is C26H21N3O6. The van der Waals surface area contributed by atoms with E-state index in [1.54, 1.807) is 48.5 Å². The van der Waals surface area contributed by atoms with E-state index in [9.17, 15) is 19.6 Å². The summed E-state index contributed by atoms with van der Waals surface area (Å²) in [7, 11) is 0. The average molecular weight is 471 g/mol. The molecule has 0 aliphatic carbocycles. The molecule has 0 bridgehead atoms. The Bertz CT molecular complexity index is 1340. The number of hydrogen-bond donors (Lipinski definition) is 1. The molecule has 2 heterocycles. The fourth-order valence-corrected chi connectivity index (χ4v) is 3.48. The van der Waals surface area contributed by atoms with Crippen LogP contribution in [0.2, 0.25) is 0 Å². The van der Waals surface area contributed by atoms with Gasteiger partial charge in [-0.2, -0.15) is 5.26 Å². The molecule has 0 atom stereocenters. The van der Waals surface area contributed by atoms with Crippen molar-refractivity contribution >= 4 is 23.9 Å². The quantitative estimate of drug-likeness (QED) is 0.392. The second-order valence-corrected chi connectivity index (χ2v) is 7.48. The molecule has 1 aliphatic heterocycles. The van der Waals surface area contributed by atoms with E-state index in [1.807, 2.05) is 13.0 Å². The van der Waals surface area contributed by atoms with E-state index in [-0.39, 0.29) is 18.7 Å². The number of carbonyl (C=O) groups excluding carboxylic acids is 3. The maximum Gasteiger partial charge on any atom is 0.331 e. The van der Waals surface area contributed by atoms with Gasteiger partial charge >= 0.3 is 6.03 Å². The van der Waals surface area contributed by atoms with E-state index in [4.69, 9.17) is 13.9 Å². The van der Waals surface area contributed by atoms with Crippen LogP contribution in [0.25, 0.3) is 6.08 Å². The van der Waals surface area contributed by atoms with Gasteiger partial charge in [0, 0.05) is 5.56 Å². The number of ether oxygens (including phenoxy) is 2. The zero-order valence-electron chi connectivity index (χ0n) is 18.8. The molecule has 0 radical (unpaired) electrons. The molecule has 0 unspecified atom stereocenters. The molecule has 2 aromatic carbocycles. The molecule has 9 heteroatoms. The zero-order chi connectivity index (χ0) is 24.8. The van der Waals surface area contributed by atoms with Crippen LogP contribution in [0.4, 0.5) is 4.79 Å². The Morgan fingerprint density at radius 3 is 2.63 bits per heavy atom. The second-order valence-electron chi connectivity index (χ2n) is 7.48. The summed E-state index contributed by atoms with van der Waals surface area (Å²) in [5.41, 5.74) is 1.55. The summed E-state index contributed by atoms with van der Waals surface area (Å²) < 4.78 is 16.8. The SMILES string of the molecule is CCOc1cc(C=C2C(=O)NC(=O)N(Cc3ccco3)C2=O)ccc1OCc1ccccc1C#N. The summed E-state index contributed by atoms with van der Waals surface area (Å²) in [6.45, 7) is 2.23. The number of nitriles is 1. The molecule has 3 aromatic rings. The molecule has 35 heavy (non-hydrogen) atoms. The minimum Gasteiger partial charge on any atom is -0.490 e. The number of hydrogen-bond acceptors (Lipinski definition) is 7. The number of benzene rings is 2. The van der Waals surface area contributed by atoms with Crippen LogP contribution in [0.5, 0.6) is 11.5 Å². The molecule has 4 amide bonds. The Balaban J connectivity index is 1.58. The topological polar surface area (TPSA) is 122 Å². The maximum atomic E-state index is 12.9. The van der Waals surface area contributed by atoms with Crippen LogP contribution in [-0.4, -0.2) is 29.4 Å². The Hall–Kier alpha value is -4.84. The monoisotopic (exact) mass is 471 g/mol. The number of amides is 4. The summed E-state index contributed by atoms with van der Waals surface area (Å²) >= 11 is 0. The first-order valence-corrected chi connectivity index (χ1v) is 10.8. The van der Waals surface area contributed by atoms with Gasteiger partial charge in [-0.25, -0.2) is 4.79 Å². The van der Waals surface area contributed by atoms with Crippen LogP contribution in [0.15, 0.2) is 70.9 Å². The van der Waals surface area contributed by atoms with E-state index in [0.29, 0.717) is 35.0 Å². The number of carbonyl (C=O) groups is 3. The molecule has 9 nitrogen and oxygen atoms in total. The fourth-order valence-electron chi connectivity index (χ4n) is 3.48. The normalized spacial score (nSPS) is 14.6. The summed E-state index contributed by atoms with van der Waals surface area (Å²) in [5, 5.41) is 11.4. The Kier molecular flexibility index (Phi) is 6.93. The summed E-state index contributed by atoms with van der Waals surface area (Å²) in [6, 6.07) is 16.7. The van der Waals surface area contributed by atoms with Crippen molar-refractivity contribution in [1.29, 1.82) is 5.26 Å². The summed E-state index contributed by atoms with van der Waals surface area (Å²) in [6.07, 6.45) is 2.82. The van der Waals surface area contributed by atoms with Crippen molar-refractivity contribution in [1.82, 2.24) is 10.2 Å². The third-order valence-corrected chi connectivity index (χ3v) is 5.18. The first-order chi connectivity index (χ1) is 17.0. The number of barbiturate groups is 1. The Morgan fingerprint density at radius 2 is 1.89 bits per heavy atom. The van der Waals surface area contributed by atoms with Crippen LogP contribution >= 0.6 is 0 Å². The van der Waals surface area contributed by atoms with Gasteiger partial charge in [0.2, 0.25) is 0 Å². The van der Waals surface area contributed by atoms with Gasteiger partial charge in [0.25, 0.3) is 11.8 Å². The lowest BCUT2D eigenvalue weighted by molar-refractivity contribution is -0.130. The number of furan rings is 1. The summed E-state index contributed by atoms with van der Waals surface area (Å²) in [4.78, 5) is 38.4. The highest BCUT2D eigenvalue weighted by Gasteiger charge is 2.36. The molecule has 1 aromatic heterocycles. The smallest absolute Gasteiger partial charge is 0.331 e. The minimum absolute atomic E-state index is 0.108. The van der Waals surface area contributed by atoms with Crippen molar-refractivity contribution in [2.75, 3.05) is 6.61 Å². The van der Waals surface area contributed by atoms with Crippen LogP contribution in [0.3, 0.4) is 0 Å². The zero-order valence-corrected chi connectivity index (χ0v) is 18.8. The largest absolute Gasteiger partial charge is 0.490 e. The third-order valence-electron chi connectivity index (χ3n) is 5.18. The number of urea groups is 1. The average Bonchev–Trinajstić information content (AvgIpc) is 3.37. The molecule has 1 saturated heterocycles. The van der Waals surface area contributed by atoms with Gasteiger partial charge in [0.05, 0.1) is 31.0 Å². The van der Waals surface area contributed by atoms with E-state index < -0.39 is 17.8 Å². The fraction of sp³-hybridized carbons (Fsp3) is 0.154. The second kappa shape index (κ2) is 10.4. The van der Waals surface area contributed by atoms with Gasteiger partial charge in [0.15, 0.2) is 11.5 Å². The van der Waals surface area contributed by atoms with Gasteiger partial charge in [-0.15, -0.1) is 0 Å². The first kappa shape index (κ1) is 23.3. The maximum absolute atomic E-state index is 12.9. The molecular weight excluding hydrogens is 450 g/mol. The molecule has 1 fully saturated rings. The number of imide groups is 2. The van der Waals surface area contributed by atoms with Crippen LogP contribution in [0.1, 0.15) is 29.4 Å². The van der Waals surface area contributed by atoms with E-state index in [2.05, 4.69) is 11.4 Å². The third kappa shape index (κ3) is 5.23. The lowest BCUT2D eigenvalue weighted by atomic mass is 10.1. The first-order valence-electron chi connectivity index (χ1n) is 10.8. The van der Waals surface area contributed by atoms with Crippen molar-refractivity contribution in [3.63, 3.8) is 0 Å². The van der Waals surface area contributed by atoms with E-state index in [1.165, 1.54) is 12.3 Å². The summed E-state index contributed by atoms with van der Waals surface area (Å²) in [5.74, 6) is -0.275. The standard InChI is InChI=1S/C26H21N3O6/c1-2-33-23-13-17(9-10-22(23)35-16-19-7-4-3-6-18(19)14-27)12-21-24(30)28-26(32)29(25(21)31)15-20-8-5-11-34-20/h3-13H,2,15-16H2,1H3,(H,28,30,32). The number of nitrogens with one attached hydrogen (secondary N) is 1. The molecule has 176 valence electrons. The number of nitrogens with zero attached hydrogens (tertiary/aromatic N) is 2. The predicted octanol–water partition coefficient (Wildman–Crippen LogP) is 3.79. The van der Waals surface area contributed by atoms with Crippen molar-refractivity contribution in [3.05, 3.63) is 88.9 Å². The highest BCUT2D eigenvalue weighted by molar-refractivity contribution is 6.30. The van der Waals surface area contributed by atoms with Crippen molar-refractivity contribution in [3.8, 4) is 17.6 Å². The molecule has 4 rings (SSSR count). The highest BCUT2D eigenvalue weighted by atomic mass is 16.5.